The van der Waals surface area contributed by atoms with Crippen LogP contribution in [0.15, 0.2) is 63.1 Å². The highest BCUT2D eigenvalue weighted by Crippen LogP contribution is 2.32. The van der Waals surface area contributed by atoms with E-state index < -0.39 is 46.1 Å². The Morgan fingerprint density at radius 1 is 1.11 bits per heavy atom. The third kappa shape index (κ3) is 5.71. The monoisotopic (exact) mass is 511 g/mol. The molecule has 4 rings (SSSR count). The van der Waals surface area contributed by atoms with Crippen LogP contribution in [0.3, 0.4) is 0 Å². The largest absolute Gasteiger partial charge is 0.494 e. The van der Waals surface area contributed by atoms with Gasteiger partial charge in [0.1, 0.15) is 22.7 Å². The number of hydrogen-bond acceptors (Lipinski definition) is 7. The number of aromatic amines is 2. The Balaban J connectivity index is 1.59. The van der Waals surface area contributed by atoms with E-state index in [2.05, 4.69) is 25.6 Å². The van der Waals surface area contributed by atoms with Gasteiger partial charge in [-0.05, 0) is 41.8 Å². The van der Waals surface area contributed by atoms with Crippen molar-refractivity contribution in [3.8, 4) is 5.88 Å². The standard InChI is InChI=1S/C24H22FN5O5S/c1-2-12-3-5-13(6-4-12)19(18-21(33)28-23(35)29-22(18)34)27-24-30-20(32)16(36-24)11-17(31)26-15-9-7-14(25)8-10-15/h3-10,16,19H,2,11H2,1H3,(H,26,31)(H,27,30,32)(H3,28,29,33,34,35). The number of amidine groups is 1. The highest BCUT2D eigenvalue weighted by molar-refractivity contribution is 8.15. The summed E-state index contributed by atoms with van der Waals surface area (Å²) in [6, 6.07) is 11.4. The molecular formula is C24H22FN5O5S. The predicted octanol–water partition coefficient (Wildman–Crippen LogP) is 2.18. The van der Waals surface area contributed by atoms with E-state index in [0.717, 1.165) is 23.7 Å². The Bertz CT molecular complexity index is 1430. The van der Waals surface area contributed by atoms with Gasteiger partial charge in [-0.2, -0.15) is 0 Å². The van der Waals surface area contributed by atoms with Crippen molar-refractivity contribution in [2.75, 3.05) is 5.32 Å². The van der Waals surface area contributed by atoms with Crippen molar-refractivity contribution in [3.63, 3.8) is 0 Å². The molecule has 1 saturated heterocycles. The van der Waals surface area contributed by atoms with Gasteiger partial charge in [-0.3, -0.25) is 24.4 Å². The van der Waals surface area contributed by atoms with Gasteiger partial charge in [0.25, 0.3) is 5.56 Å². The number of aromatic nitrogens is 2. The number of anilines is 1. The molecule has 5 N–H and O–H groups in total. The zero-order valence-electron chi connectivity index (χ0n) is 19.0. The van der Waals surface area contributed by atoms with Gasteiger partial charge >= 0.3 is 5.69 Å². The summed E-state index contributed by atoms with van der Waals surface area (Å²) in [4.78, 5) is 57.8. The van der Waals surface area contributed by atoms with Gasteiger partial charge in [0.05, 0.1) is 0 Å². The molecular weight excluding hydrogens is 489 g/mol. The van der Waals surface area contributed by atoms with Crippen LogP contribution >= 0.6 is 11.8 Å². The number of halogens is 1. The molecule has 36 heavy (non-hydrogen) atoms. The van der Waals surface area contributed by atoms with Crippen LogP contribution in [0.5, 0.6) is 5.88 Å². The van der Waals surface area contributed by atoms with Crippen LogP contribution in [0, 0.1) is 5.82 Å². The van der Waals surface area contributed by atoms with Crippen LogP contribution in [-0.2, 0) is 16.0 Å². The van der Waals surface area contributed by atoms with Crippen LogP contribution in [0.4, 0.5) is 10.1 Å². The molecule has 1 aliphatic rings. The molecule has 3 aromatic rings. The molecule has 10 nitrogen and oxygen atoms in total. The highest BCUT2D eigenvalue weighted by Gasteiger charge is 2.33. The fraction of sp³-hybridized carbons (Fsp3) is 0.208. The number of rotatable bonds is 7. The molecule has 0 aliphatic carbocycles. The summed E-state index contributed by atoms with van der Waals surface area (Å²) < 4.78 is 13.1. The maximum absolute atomic E-state index is 13.1. The second kappa shape index (κ2) is 10.6. The maximum Gasteiger partial charge on any atom is 0.328 e. The van der Waals surface area contributed by atoms with Crippen molar-refractivity contribution in [2.45, 2.75) is 31.1 Å². The number of carbonyl (C=O) groups is 2. The SMILES string of the molecule is CCc1ccc(C(N=C2NC(=O)C(CC(=O)Nc3ccc(F)cc3)S2)c2c(O)[nH]c(=O)[nH]c2=O)cc1. The quantitative estimate of drug-likeness (QED) is 0.327. The summed E-state index contributed by atoms with van der Waals surface area (Å²) in [7, 11) is 0. The van der Waals surface area contributed by atoms with Crippen molar-refractivity contribution in [1.29, 1.82) is 0 Å². The third-order valence-electron chi connectivity index (χ3n) is 5.46. The first-order valence-corrected chi connectivity index (χ1v) is 11.9. The van der Waals surface area contributed by atoms with Crippen molar-refractivity contribution >= 4 is 34.4 Å². The van der Waals surface area contributed by atoms with Crippen molar-refractivity contribution < 1.29 is 19.1 Å². The fourth-order valence-corrected chi connectivity index (χ4v) is 4.61. The zero-order chi connectivity index (χ0) is 25.8. The van der Waals surface area contributed by atoms with Gasteiger partial charge in [-0.15, -0.1) is 0 Å². The van der Waals surface area contributed by atoms with Crippen LogP contribution in [0.2, 0.25) is 0 Å². The second-order valence-corrected chi connectivity index (χ2v) is 9.15. The van der Waals surface area contributed by atoms with Gasteiger partial charge in [0, 0.05) is 12.1 Å². The molecule has 0 radical (unpaired) electrons. The molecule has 12 heteroatoms. The molecule has 0 spiro atoms. The van der Waals surface area contributed by atoms with E-state index in [1.165, 1.54) is 24.3 Å². The number of carbonyl (C=O) groups excluding carboxylic acids is 2. The Hall–Kier alpha value is -4.19. The normalized spacial score (nSPS) is 17.1. The molecule has 0 bridgehead atoms. The van der Waals surface area contributed by atoms with E-state index in [0.29, 0.717) is 11.3 Å². The van der Waals surface area contributed by atoms with Crippen molar-refractivity contribution in [3.05, 3.63) is 91.9 Å². The van der Waals surface area contributed by atoms with Crippen LogP contribution < -0.4 is 21.9 Å². The number of aryl methyl sites for hydroxylation is 1. The van der Waals surface area contributed by atoms with E-state index in [1.54, 1.807) is 12.1 Å². The van der Waals surface area contributed by atoms with Gasteiger partial charge < -0.3 is 15.7 Å². The maximum atomic E-state index is 13.1. The number of nitrogens with zero attached hydrogens (tertiary/aromatic N) is 1. The first-order valence-electron chi connectivity index (χ1n) is 11.0. The van der Waals surface area contributed by atoms with E-state index in [4.69, 9.17) is 0 Å². The number of aromatic hydroxyl groups is 1. The first-order chi connectivity index (χ1) is 17.2. The molecule has 186 valence electrons. The molecule has 0 saturated carbocycles. The molecule has 1 aliphatic heterocycles. The summed E-state index contributed by atoms with van der Waals surface area (Å²) in [6.07, 6.45) is 0.616. The minimum atomic E-state index is -1.05. The number of thioether (sulfide) groups is 1. The number of H-pyrrole nitrogens is 2. The Kier molecular flexibility index (Phi) is 7.34. The molecule has 2 unspecified atom stereocenters. The molecule has 2 atom stereocenters. The number of aliphatic imine (C=N–C) groups is 1. The van der Waals surface area contributed by atoms with E-state index in [9.17, 15) is 28.7 Å². The molecule has 1 fully saturated rings. The van der Waals surface area contributed by atoms with Gasteiger partial charge in [-0.25, -0.2) is 14.2 Å². The van der Waals surface area contributed by atoms with E-state index in [1.807, 2.05) is 19.1 Å². The zero-order valence-corrected chi connectivity index (χ0v) is 19.8. The van der Waals surface area contributed by atoms with Gasteiger partial charge in [0.2, 0.25) is 17.7 Å². The summed E-state index contributed by atoms with van der Waals surface area (Å²) in [6.45, 7) is 1.99. The Morgan fingerprint density at radius 2 is 1.81 bits per heavy atom. The average molecular weight is 512 g/mol. The van der Waals surface area contributed by atoms with Crippen LogP contribution in [0.25, 0.3) is 0 Å². The fourth-order valence-electron chi connectivity index (χ4n) is 3.61. The number of benzene rings is 2. The van der Waals surface area contributed by atoms with Crippen LogP contribution in [-0.4, -0.2) is 37.3 Å². The molecule has 1 aromatic heterocycles. The van der Waals surface area contributed by atoms with E-state index >= 15 is 0 Å². The number of hydrogen-bond donors (Lipinski definition) is 5. The Labute approximate surface area is 208 Å². The predicted molar refractivity (Wildman–Crippen MR) is 134 cm³/mol. The molecule has 2 heterocycles. The van der Waals surface area contributed by atoms with Gasteiger partial charge in [-0.1, -0.05) is 43.0 Å². The Morgan fingerprint density at radius 3 is 2.44 bits per heavy atom. The van der Waals surface area contributed by atoms with Crippen molar-refractivity contribution in [1.82, 2.24) is 15.3 Å². The summed E-state index contributed by atoms with van der Waals surface area (Å²) in [5.74, 6) is -1.97. The average Bonchev–Trinajstić information content (AvgIpc) is 3.17. The minimum Gasteiger partial charge on any atom is -0.494 e. The lowest BCUT2D eigenvalue weighted by atomic mass is 9.99. The minimum absolute atomic E-state index is 0.147. The summed E-state index contributed by atoms with van der Waals surface area (Å²) in [5.41, 5.74) is 0.0839. The first kappa shape index (κ1) is 24.9. The lowest BCUT2D eigenvalue weighted by Crippen LogP contribution is -2.29. The van der Waals surface area contributed by atoms with Crippen LogP contribution in [0.1, 0.15) is 36.1 Å². The molecule has 2 amide bonds. The summed E-state index contributed by atoms with van der Waals surface area (Å²) >= 11 is 1.00. The topological polar surface area (TPSA) is 157 Å². The number of nitrogens with one attached hydrogen (secondary N) is 4. The summed E-state index contributed by atoms with van der Waals surface area (Å²) in [5, 5.41) is 14.9. The van der Waals surface area contributed by atoms with Gasteiger partial charge in [0.15, 0.2) is 5.17 Å². The van der Waals surface area contributed by atoms with Crippen molar-refractivity contribution in [2.24, 2.45) is 4.99 Å². The lowest BCUT2D eigenvalue weighted by Gasteiger charge is -2.15. The highest BCUT2D eigenvalue weighted by atomic mass is 32.2. The lowest BCUT2D eigenvalue weighted by molar-refractivity contribution is -0.122. The smallest absolute Gasteiger partial charge is 0.328 e. The molecule has 2 aromatic carbocycles. The number of amides is 2. The third-order valence-corrected chi connectivity index (χ3v) is 6.55. The van der Waals surface area contributed by atoms with E-state index in [-0.39, 0.29) is 17.2 Å². The second-order valence-electron chi connectivity index (χ2n) is 7.96.